The van der Waals surface area contributed by atoms with Crippen LogP contribution in [0.2, 0.25) is 0 Å². The van der Waals surface area contributed by atoms with Gasteiger partial charge in [0.05, 0.1) is 6.10 Å². The Morgan fingerprint density at radius 2 is 1.80 bits per heavy atom. The normalized spacial score (nSPS) is 16.8. The Labute approximate surface area is 62.1 Å². The van der Waals surface area contributed by atoms with Crippen LogP contribution in [0.3, 0.4) is 0 Å². The number of hydrogen-bond donors (Lipinski definition) is 2. The zero-order valence-electron chi connectivity index (χ0n) is 6.62. The minimum atomic E-state index is -0.596. The Morgan fingerprint density at radius 1 is 1.20 bits per heavy atom. The highest BCUT2D eigenvalue weighted by molar-refractivity contribution is 4.57. The zero-order valence-corrected chi connectivity index (χ0v) is 6.62. The van der Waals surface area contributed by atoms with E-state index in [0.29, 0.717) is 19.4 Å². The third-order valence-corrected chi connectivity index (χ3v) is 1.36. The molecule has 0 saturated heterocycles. The fraction of sp³-hybridized carbons (Fsp3) is 1.00. The first-order chi connectivity index (χ1) is 4.70. The molecule has 0 aliphatic carbocycles. The summed E-state index contributed by atoms with van der Waals surface area (Å²) in [6.07, 6.45) is 0.332. The fourth-order valence-corrected chi connectivity index (χ4v) is 0.502. The SMILES string of the molecule is CCC(O)C[N]C(O)CC. The summed E-state index contributed by atoms with van der Waals surface area (Å²) in [5.41, 5.74) is 0. The van der Waals surface area contributed by atoms with E-state index in [4.69, 9.17) is 10.2 Å². The third kappa shape index (κ3) is 4.73. The first-order valence-corrected chi connectivity index (χ1v) is 3.73. The molecule has 61 valence electrons. The van der Waals surface area contributed by atoms with Crippen LogP contribution in [0, 0.1) is 0 Å². The summed E-state index contributed by atoms with van der Waals surface area (Å²) < 4.78 is 0. The Balaban J connectivity index is 3.17. The van der Waals surface area contributed by atoms with Crippen molar-refractivity contribution < 1.29 is 10.2 Å². The summed E-state index contributed by atoms with van der Waals surface area (Å²) in [7, 11) is 0. The molecule has 0 heterocycles. The lowest BCUT2D eigenvalue weighted by atomic mass is 10.3. The summed E-state index contributed by atoms with van der Waals surface area (Å²) in [5, 5.41) is 21.7. The monoisotopic (exact) mass is 146 g/mol. The molecule has 1 radical (unpaired) electrons. The van der Waals surface area contributed by atoms with Gasteiger partial charge in [-0.05, 0) is 12.8 Å². The van der Waals surface area contributed by atoms with E-state index >= 15 is 0 Å². The minimum absolute atomic E-state index is 0.353. The molecular weight excluding hydrogens is 130 g/mol. The van der Waals surface area contributed by atoms with Gasteiger partial charge in [0, 0.05) is 6.54 Å². The van der Waals surface area contributed by atoms with Crippen LogP contribution in [0.25, 0.3) is 0 Å². The van der Waals surface area contributed by atoms with Crippen molar-refractivity contribution in [3.05, 3.63) is 0 Å². The van der Waals surface area contributed by atoms with Gasteiger partial charge in [-0.3, -0.25) is 0 Å². The summed E-state index contributed by atoms with van der Waals surface area (Å²) >= 11 is 0. The van der Waals surface area contributed by atoms with E-state index in [1.165, 1.54) is 0 Å². The smallest absolute Gasteiger partial charge is 0.120 e. The highest BCUT2D eigenvalue weighted by Crippen LogP contribution is 1.91. The van der Waals surface area contributed by atoms with Crippen molar-refractivity contribution in [2.45, 2.75) is 39.0 Å². The van der Waals surface area contributed by atoms with Gasteiger partial charge in [-0.25, -0.2) is 5.32 Å². The van der Waals surface area contributed by atoms with Crippen LogP contribution in [0.1, 0.15) is 26.7 Å². The molecule has 0 saturated carbocycles. The number of rotatable bonds is 5. The van der Waals surface area contributed by atoms with E-state index in [9.17, 15) is 0 Å². The molecule has 0 aromatic carbocycles. The number of hydrogen-bond acceptors (Lipinski definition) is 2. The van der Waals surface area contributed by atoms with Crippen molar-refractivity contribution in [1.29, 1.82) is 0 Å². The molecule has 3 heteroatoms. The molecule has 0 aliphatic rings. The van der Waals surface area contributed by atoms with Gasteiger partial charge >= 0.3 is 0 Å². The van der Waals surface area contributed by atoms with Crippen molar-refractivity contribution in [1.82, 2.24) is 5.32 Å². The van der Waals surface area contributed by atoms with Crippen LogP contribution >= 0.6 is 0 Å². The van der Waals surface area contributed by atoms with Crippen LogP contribution in [0.5, 0.6) is 0 Å². The predicted octanol–water partition coefficient (Wildman–Crippen LogP) is 0.0901. The second kappa shape index (κ2) is 5.65. The van der Waals surface area contributed by atoms with Gasteiger partial charge in [0.15, 0.2) is 0 Å². The van der Waals surface area contributed by atoms with Crippen molar-refractivity contribution in [3.63, 3.8) is 0 Å². The topological polar surface area (TPSA) is 54.6 Å². The maximum absolute atomic E-state index is 9.00. The van der Waals surface area contributed by atoms with Crippen LogP contribution in [-0.4, -0.2) is 29.1 Å². The van der Waals surface area contributed by atoms with Gasteiger partial charge in [0.25, 0.3) is 0 Å². The van der Waals surface area contributed by atoms with Crippen molar-refractivity contribution in [2.75, 3.05) is 6.54 Å². The maximum atomic E-state index is 9.00. The third-order valence-electron chi connectivity index (χ3n) is 1.36. The van der Waals surface area contributed by atoms with Gasteiger partial charge < -0.3 is 10.2 Å². The Hall–Kier alpha value is -0.120. The quantitative estimate of drug-likeness (QED) is 0.577. The van der Waals surface area contributed by atoms with Crippen molar-refractivity contribution in [3.8, 4) is 0 Å². The first kappa shape index (κ1) is 9.88. The summed E-state index contributed by atoms with van der Waals surface area (Å²) in [5.74, 6) is 0. The van der Waals surface area contributed by atoms with Crippen LogP contribution in [0.4, 0.5) is 0 Å². The molecule has 10 heavy (non-hydrogen) atoms. The van der Waals surface area contributed by atoms with E-state index in [0.717, 1.165) is 0 Å². The van der Waals surface area contributed by atoms with Crippen molar-refractivity contribution >= 4 is 0 Å². The van der Waals surface area contributed by atoms with Gasteiger partial charge in [-0.15, -0.1) is 0 Å². The van der Waals surface area contributed by atoms with E-state index in [-0.39, 0.29) is 6.10 Å². The predicted molar refractivity (Wildman–Crippen MR) is 39.6 cm³/mol. The number of nitrogens with zero attached hydrogens (tertiary/aromatic N) is 1. The second-order valence-electron chi connectivity index (χ2n) is 2.32. The second-order valence-corrected chi connectivity index (χ2v) is 2.32. The molecule has 0 aromatic rings. The van der Waals surface area contributed by atoms with E-state index in [1.54, 1.807) is 0 Å². The van der Waals surface area contributed by atoms with E-state index in [1.807, 2.05) is 13.8 Å². The van der Waals surface area contributed by atoms with Crippen molar-refractivity contribution in [2.24, 2.45) is 0 Å². The fourth-order valence-electron chi connectivity index (χ4n) is 0.502. The average molecular weight is 146 g/mol. The summed E-state index contributed by atoms with van der Waals surface area (Å²) in [4.78, 5) is 0. The number of aliphatic hydroxyl groups is 2. The van der Waals surface area contributed by atoms with Crippen LogP contribution < -0.4 is 5.32 Å². The molecule has 2 atom stereocenters. The van der Waals surface area contributed by atoms with E-state index in [2.05, 4.69) is 5.32 Å². The Bertz CT molecular complexity index is 68.0. The molecule has 0 spiro atoms. The molecule has 3 nitrogen and oxygen atoms in total. The summed E-state index contributed by atoms with van der Waals surface area (Å²) in [6, 6.07) is 0. The lowest BCUT2D eigenvalue weighted by Gasteiger charge is -2.10. The lowest BCUT2D eigenvalue weighted by molar-refractivity contribution is 0.0940. The molecule has 0 aliphatic heterocycles. The first-order valence-electron chi connectivity index (χ1n) is 3.73. The van der Waals surface area contributed by atoms with Crippen LogP contribution in [0.15, 0.2) is 0 Å². The Morgan fingerprint density at radius 3 is 2.20 bits per heavy atom. The zero-order chi connectivity index (χ0) is 7.98. The number of aliphatic hydroxyl groups excluding tert-OH is 2. The molecular formula is C7H16NO2. The molecule has 0 amide bonds. The van der Waals surface area contributed by atoms with Crippen LogP contribution in [-0.2, 0) is 0 Å². The molecule has 0 aromatic heterocycles. The van der Waals surface area contributed by atoms with Gasteiger partial charge in [0.2, 0.25) is 0 Å². The summed E-state index contributed by atoms with van der Waals surface area (Å²) in [6.45, 7) is 4.09. The maximum Gasteiger partial charge on any atom is 0.120 e. The molecule has 0 bridgehead atoms. The highest BCUT2D eigenvalue weighted by Gasteiger charge is 2.04. The molecule has 2 unspecified atom stereocenters. The highest BCUT2D eigenvalue weighted by atomic mass is 16.3. The minimum Gasteiger partial charge on any atom is -0.392 e. The lowest BCUT2D eigenvalue weighted by Crippen LogP contribution is -2.28. The Kier molecular flexibility index (Phi) is 5.58. The van der Waals surface area contributed by atoms with Gasteiger partial charge in [-0.2, -0.15) is 0 Å². The average Bonchev–Trinajstić information content (AvgIpc) is 1.99. The standard InChI is InChI=1S/C7H16NO2/c1-3-6(9)5-8-7(10)4-2/h6-7,9-10H,3-5H2,1-2H3. The molecule has 0 fully saturated rings. The van der Waals surface area contributed by atoms with Gasteiger partial charge in [0.1, 0.15) is 6.23 Å². The van der Waals surface area contributed by atoms with E-state index < -0.39 is 6.23 Å². The largest absolute Gasteiger partial charge is 0.392 e. The molecule has 0 rings (SSSR count). The molecule has 2 N–H and O–H groups in total. The van der Waals surface area contributed by atoms with Gasteiger partial charge in [-0.1, -0.05) is 13.8 Å².